The second-order valence-corrected chi connectivity index (χ2v) is 3.85. The topological polar surface area (TPSA) is 47.8 Å². The predicted octanol–water partition coefficient (Wildman–Crippen LogP) is 2.83. The van der Waals surface area contributed by atoms with Gasteiger partial charge in [0.25, 0.3) is 0 Å². The third-order valence-corrected chi connectivity index (χ3v) is 2.86. The van der Waals surface area contributed by atoms with Crippen LogP contribution in [0.2, 0.25) is 0 Å². The third kappa shape index (κ3) is 2.09. The van der Waals surface area contributed by atoms with Crippen molar-refractivity contribution in [1.29, 1.82) is 0 Å². The zero-order chi connectivity index (χ0) is 13.0. The molecule has 0 aliphatic heterocycles. The highest BCUT2D eigenvalue weighted by molar-refractivity contribution is 5.86. The minimum atomic E-state index is 0.781. The molecule has 0 aliphatic carbocycles. The molecule has 0 atom stereocenters. The fourth-order valence-corrected chi connectivity index (χ4v) is 1.96. The number of aldehydes is 1. The van der Waals surface area contributed by atoms with Gasteiger partial charge in [0.2, 0.25) is 0 Å². The fourth-order valence-electron chi connectivity index (χ4n) is 1.96. The monoisotopic (exact) mass is 241 g/mol. The van der Waals surface area contributed by atoms with E-state index in [2.05, 4.69) is 10.3 Å². The van der Waals surface area contributed by atoms with E-state index in [1.54, 1.807) is 4.68 Å². The molecule has 2 rings (SSSR count). The summed E-state index contributed by atoms with van der Waals surface area (Å²) in [5.74, 6) is 0. The van der Waals surface area contributed by atoms with Crippen molar-refractivity contribution in [3.63, 3.8) is 0 Å². The third-order valence-electron chi connectivity index (χ3n) is 2.86. The lowest BCUT2D eigenvalue weighted by Gasteiger charge is -2.09. The predicted molar refractivity (Wildman–Crippen MR) is 71.9 cm³/mol. The standard InChI is InChI=1S/C14H15N3O/c1-3-11(4-2)13(9-10-18)17-14-8-6-5-7-12(14)15-16-17/h3,5-10H,4H2,1-2H3/b11-3-,13-9+. The number of aromatic nitrogens is 3. The molecule has 4 heteroatoms. The lowest BCUT2D eigenvalue weighted by Crippen LogP contribution is -2.02. The van der Waals surface area contributed by atoms with Crippen LogP contribution in [0, 0.1) is 0 Å². The SMILES string of the molecule is C/C=C(CC)\C(=C/C=O)n1nnc2ccccc21. The first-order chi connectivity index (χ1) is 8.81. The number of hydrogen-bond acceptors (Lipinski definition) is 3. The Labute approximate surface area is 106 Å². The molecular formula is C14H15N3O. The van der Waals surface area contributed by atoms with Gasteiger partial charge in [-0.25, -0.2) is 4.68 Å². The van der Waals surface area contributed by atoms with Crippen molar-refractivity contribution in [1.82, 2.24) is 15.0 Å². The van der Waals surface area contributed by atoms with E-state index in [-0.39, 0.29) is 0 Å². The highest BCUT2D eigenvalue weighted by Crippen LogP contribution is 2.22. The van der Waals surface area contributed by atoms with Crippen LogP contribution < -0.4 is 0 Å². The molecule has 4 nitrogen and oxygen atoms in total. The number of nitrogens with zero attached hydrogens (tertiary/aromatic N) is 3. The number of carbonyl (C=O) groups excluding carboxylic acids is 1. The molecular weight excluding hydrogens is 226 g/mol. The van der Waals surface area contributed by atoms with Gasteiger partial charge < -0.3 is 0 Å². The summed E-state index contributed by atoms with van der Waals surface area (Å²) < 4.78 is 1.71. The molecule has 2 aromatic rings. The lowest BCUT2D eigenvalue weighted by molar-refractivity contribution is -0.104. The summed E-state index contributed by atoms with van der Waals surface area (Å²) in [6.07, 6.45) is 5.14. The second-order valence-electron chi connectivity index (χ2n) is 3.85. The average molecular weight is 241 g/mol. The number of allylic oxidation sites excluding steroid dienone is 4. The molecule has 0 unspecified atom stereocenters. The van der Waals surface area contributed by atoms with Gasteiger partial charge in [-0.15, -0.1) is 5.10 Å². The van der Waals surface area contributed by atoms with Crippen LogP contribution >= 0.6 is 0 Å². The largest absolute Gasteiger partial charge is 0.298 e. The second kappa shape index (κ2) is 5.40. The molecule has 0 amide bonds. The Morgan fingerprint density at radius 1 is 1.39 bits per heavy atom. The van der Waals surface area contributed by atoms with Gasteiger partial charge in [-0.05, 0) is 31.1 Å². The summed E-state index contributed by atoms with van der Waals surface area (Å²) >= 11 is 0. The zero-order valence-corrected chi connectivity index (χ0v) is 10.5. The number of hydrogen-bond donors (Lipinski definition) is 0. The van der Waals surface area contributed by atoms with Crippen LogP contribution in [0.4, 0.5) is 0 Å². The van der Waals surface area contributed by atoms with Gasteiger partial charge >= 0.3 is 0 Å². The van der Waals surface area contributed by atoms with Gasteiger partial charge in [0.1, 0.15) is 11.8 Å². The minimum Gasteiger partial charge on any atom is -0.298 e. The molecule has 0 saturated carbocycles. The van der Waals surface area contributed by atoms with Gasteiger partial charge in [-0.1, -0.05) is 30.3 Å². The highest BCUT2D eigenvalue weighted by atomic mass is 16.1. The van der Waals surface area contributed by atoms with Crippen molar-refractivity contribution < 1.29 is 4.79 Å². The minimum absolute atomic E-state index is 0.781. The summed E-state index contributed by atoms with van der Waals surface area (Å²) in [4.78, 5) is 10.8. The van der Waals surface area contributed by atoms with Crippen LogP contribution in [0.1, 0.15) is 20.3 Å². The normalized spacial score (nSPS) is 13.0. The van der Waals surface area contributed by atoms with E-state index < -0.39 is 0 Å². The first-order valence-corrected chi connectivity index (χ1v) is 5.93. The Balaban J connectivity index is 2.63. The number of benzene rings is 1. The average Bonchev–Trinajstić information content (AvgIpc) is 2.83. The summed E-state index contributed by atoms with van der Waals surface area (Å²) in [5.41, 5.74) is 3.57. The molecule has 0 radical (unpaired) electrons. The van der Waals surface area contributed by atoms with Crippen molar-refractivity contribution in [2.75, 3.05) is 0 Å². The maximum absolute atomic E-state index is 10.8. The number of fused-ring (bicyclic) bond motifs is 1. The van der Waals surface area contributed by atoms with Gasteiger partial charge in [-0.3, -0.25) is 4.79 Å². The van der Waals surface area contributed by atoms with Crippen molar-refractivity contribution in [2.24, 2.45) is 0 Å². The van der Waals surface area contributed by atoms with Gasteiger partial charge in [0.05, 0.1) is 11.2 Å². The smallest absolute Gasteiger partial charge is 0.144 e. The Morgan fingerprint density at radius 3 is 2.83 bits per heavy atom. The van der Waals surface area contributed by atoms with Crippen LogP contribution in [0.25, 0.3) is 16.7 Å². The quantitative estimate of drug-likeness (QED) is 0.470. The van der Waals surface area contributed by atoms with Crippen LogP contribution in [0.5, 0.6) is 0 Å². The van der Waals surface area contributed by atoms with Crippen molar-refractivity contribution in [3.8, 4) is 0 Å². The van der Waals surface area contributed by atoms with E-state index in [0.29, 0.717) is 0 Å². The molecule has 0 saturated heterocycles. The van der Waals surface area contributed by atoms with Crippen LogP contribution in [-0.2, 0) is 4.79 Å². The summed E-state index contributed by atoms with van der Waals surface area (Å²) in [5, 5.41) is 8.23. The molecule has 0 spiro atoms. The van der Waals surface area contributed by atoms with E-state index in [1.807, 2.05) is 44.2 Å². The van der Waals surface area contributed by atoms with E-state index >= 15 is 0 Å². The molecule has 18 heavy (non-hydrogen) atoms. The van der Waals surface area contributed by atoms with Crippen LogP contribution in [0.15, 0.2) is 42.0 Å². The van der Waals surface area contributed by atoms with Crippen molar-refractivity contribution >= 4 is 23.0 Å². The molecule has 0 bridgehead atoms. The maximum Gasteiger partial charge on any atom is 0.144 e. The number of para-hydroxylation sites is 1. The molecule has 92 valence electrons. The molecule has 0 N–H and O–H groups in total. The Hall–Kier alpha value is -2.23. The zero-order valence-electron chi connectivity index (χ0n) is 10.5. The van der Waals surface area contributed by atoms with E-state index in [9.17, 15) is 4.79 Å². The lowest BCUT2D eigenvalue weighted by atomic mass is 10.1. The first-order valence-electron chi connectivity index (χ1n) is 5.93. The summed E-state index contributed by atoms with van der Waals surface area (Å²) in [7, 11) is 0. The highest BCUT2D eigenvalue weighted by Gasteiger charge is 2.10. The Bertz CT molecular complexity index is 623. The molecule has 1 aromatic carbocycles. The molecule has 0 fully saturated rings. The summed E-state index contributed by atoms with van der Waals surface area (Å²) in [6.45, 7) is 4.00. The molecule has 1 aromatic heterocycles. The van der Waals surface area contributed by atoms with Gasteiger partial charge in [0, 0.05) is 6.08 Å². The van der Waals surface area contributed by atoms with Crippen LogP contribution in [-0.4, -0.2) is 21.3 Å². The summed E-state index contributed by atoms with van der Waals surface area (Å²) in [6, 6.07) is 7.69. The maximum atomic E-state index is 10.8. The van der Waals surface area contributed by atoms with E-state index in [0.717, 1.165) is 35.0 Å². The first kappa shape index (κ1) is 12.2. The van der Waals surface area contributed by atoms with E-state index in [1.165, 1.54) is 6.08 Å². The van der Waals surface area contributed by atoms with Crippen LogP contribution in [0.3, 0.4) is 0 Å². The van der Waals surface area contributed by atoms with Crippen molar-refractivity contribution in [3.05, 3.63) is 42.0 Å². The Kier molecular flexibility index (Phi) is 3.67. The molecule has 0 aliphatic rings. The number of rotatable bonds is 4. The van der Waals surface area contributed by atoms with Gasteiger partial charge in [0.15, 0.2) is 0 Å². The fraction of sp³-hybridized carbons (Fsp3) is 0.214. The molecule has 1 heterocycles. The van der Waals surface area contributed by atoms with Gasteiger partial charge in [-0.2, -0.15) is 0 Å². The number of carbonyl (C=O) groups is 1. The van der Waals surface area contributed by atoms with Crippen molar-refractivity contribution in [2.45, 2.75) is 20.3 Å². The van der Waals surface area contributed by atoms with E-state index in [4.69, 9.17) is 0 Å². The Morgan fingerprint density at radius 2 is 2.17 bits per heavy atom.